The standard InChI is InChI=1S/C22H20F2N2O2/c1-3-4-10-18-15-20(22(23,24)16-8-6-5-7-9-16)25-21(27)26(18)17-11-13-19(28-2)14-12-17/h3,5-9,11-15H,1,4,10H2,2H3. The molecule has 0 fully saturated rings. The van der Waals surface area contributed by atoms with E-state index in [9.17, 15) is 13.6 Å². The van der Waals surface area contributed by atoms with Gasteiger partial charge in [0, 0.05) is 11.3 Å². The number of alkyl halides is 2. The summed E-state index contributed by atoms with van der Waals surface area (Å²) in [5.74, 6) is -2.74. The normalized spacial score (nSPS) is 11.2. The van der Waals surface area contributed by atoms with Crippen molar-refractivity contribution in [3.63, 3.8) is 0 Å². The second-order valence-corrected chi connectivity index (χ2v) is 6.22. The molecule has 0 radical (unpaired) electrons. The highest BCUT2D eigenvalue weighted by molar-refractivity contribution is 5.40. The van der Waals surface area contributed by atoms with Crippen molar-refractivity contribution in [2.24, 2.45) is 0 Å². The summed E-state index contributed by atoms with van der Waals surface area (Å²) < 4.78 is 36.4. The van der Waals surface area contributed by atoms with E-state index in [1.165, 1.54) is 34.9 Å². The van der Waals surface area contributed by atoms with Crippen LogP contribution in [0.4, 0.5) is 8.78 Å². The molecule has 0 amide bonds. The third kappa shape index (κ3) is 3.86. The molecule has 144 valence electrons. The molecular weight excluding hydrogens is 362 g/mol. The van der Waals surface area contributed by atoms with Crippen LogP contribution in [0.15, 0.2) is 78.1 Å². The van der Waals surface area contributed by atoms with Gasteiger partial charge in [-0.05, 0) is 43.2 Å². The average molecular weight is 382 g/mol. The van der Waals surface area contributed by atoms with E-state index in [0.29, 0.717) is 30.0 Å². The quantitative estimate of drug-likeness (QED) is 0.565. The van der Waals surface area contributed by atoms with E-state index in [1.807, 2.05) is 0 Å². The summed E-state index contributed by atoms with van der Waals surface area (Å²) >= 11 is 0. The van der Waals surface area contributed by atoms with E-state index in [2.05, 4.69) is 11.6 Å². The van der Waals surface area contributed by atoms with E-state index < -0.39 is 17.3 Å². The van der Waals surface area contributed by atoms with Gasteiger partial charge in [-0.1, -0.05) is 36.4 Å². The summed E-state index contributed by atoms with van der Waals surface area (Å²) in [6.45, 7) is 3.67. The van der Waals surface area contributed by atoms with Gasteiger partial charge in [0.15, 0.2) is 0 Å². The topological polar surface area (TPSA) is 44.1 Å². The fraction of sp³-hybridized carbons (Fsp3) is 0.182. The number of halogens is 2. The molecule has 0 aliphatic rings. The Morgan fingerprint density at radius 1 is 1.14 bits per heavy atom. The van der Waals surface area contributed by atoms with Gasteiger partial charge < -0.3 is 4.74 Å². The summed E-state index contributed by atoms with van der Waals surface area (Å²) in [6.07, 6.45) is 2.60. The number of benzene rings is 2. The van der Waals surface area contributed by atoms with Gasteiger partial charge in [0.2, 0.25) is 0 Å². The number of aryl methyl sites for hydroxylation is 1. The predicted octanol–water partition coefficient (Wildman–Crippen LogP) is 4.50. The smallest absolute Gasteiger partial charge is 0.352 e. The van der Waals surface area contributed by atoms with E-state index >= 15 is 0 Å². The van der Waals surface area contributed by atoms with E-state index in [0.717, 1.165) is 0 Å². The summed E-state index contributed by atoms with van der Waals surface area (Å²) in [4.78, 5) is 16.4. The summed E-state index contributed by atoms with van der Waals surface area (Å²) in [5, 5.41) is 0. The number of aromatic nitrogens is 2. The first kappa shape index (κ1) is 19.5. The van der Waals surface area contributed by atoms with Crippen LogP contribution in [-0.2, 0) is 12.3 Å². The Kier molecular flexibility index (Phi) is 5.68. The van der Waals surface area contributed by atoms with Gasteiger partial charge in [-0.15, -0.1) is 6.58 Å². The number of nitrogens with zero attached hydrogens (tertiary/aromatic N) is 2. The lowest BCUT2D eigenvalue weighted by atomic mass is 10.0. The Morgan fingerprint density at radius 2 is 1.82 bits per heavy atom. The lowest BCUT2D eigenvalue weighted by molar-refractivity contribution is 0.0373. The van der Waals surface area contributed by atoms with Crippen LogP contribution in [-0.4, -0.2) is 16.7 Å². The van der Waals surface area contributed by atoms with E-state index in [-0.39, 0.29) is 5.56 Å². The first-order valence-electron chi connectivity index (χ1n) is 8.79. The Morgan fingerprint density at radius 3 is 2.43 bits per heavy atom. The van der Waals surface area contributed by atoms with Crippen LogP contribution < -0.4 is 10.4 Å². The van der Waals surface area contributed by atoms with Crippen molar-refractivity contribution in [3.8, 4) is 11.4 Å². The highest BCUT2D eigenvalue weighted by Gasteiger charge is 2.36. The molecule has 28 heavy (non-hydrogen) atoms. The zero-order valence-electron chi connectivity index (χ0n) is 15.4. The number of rotatable bonds is 7. The van der Waals surface area contributed by atoms with Crippen molar-refractivity contribution in [3.05, 3.63) is 101 Å². The molecule has 0 saturated carbocycles. The number of ether oxygens (including phenoxy) is 1. The monoisotopic (exact) mass is 382 g/mol. The molecule has 3 rings (SSSR count). The largest absolute Gasteiger partial charge is 0.497 e. The number of methoxy groups -OCH3 is 1. The van der Waals surface area contributed by atoms with Crippen molar-refractivity contribution < 1.29 is 13.5 Å². The maximum atomic E-state index is 15.0. The first-order chi connectivity index (χ1) is 13.5. The second kappa shape index (κ2) is 8.17. The van der Waals surface area contributed by atoms with Crippen molar-refractivity contribution in [1.82, 2.24) is 9.55 Å². The lowest BCUT2D eigenvalue weighted by Gasteiger charge is -2.19. The molecule has 0 aliphatic carbocycles. The molecule has 0 bridgehead atoms. The van der Waals surface area contributed by atoms with Crippen LogP contribution in [0.25, 0.3) is 5.69 Å². The van der Waals surface area contributed by atoms with Gasteiger partial charge in [0.05, 0.1) is 12.8 Å². The zero-order chi connectivity index (χ0) is 20.1. The molecule has 0 atom stereocenters. The molecule has 0 aliphatic heterocycles. The van der Waals surface area contributed by atoms with Crippen molar-refractivity contribution in [2.75, 3.05) is 7.11 Å². The highest BCUT2D eigenvalue weighted by Crippen LogP contribution is 2.34. The van der Waals surface area contributed by atoms with Gasteiger partial charge in [-0.3, -0.25) is 4.57 Å². The maximum absolute atomic E-state index is 15.0. The van der Waals surface area contributed by atoms with Gasteiger partial charge in [-0.2, -0.15) is 13.8 Å². The number of hydrogen-bond donors (Lipinski definition) is 0. The van der Waals surface area contributed by atoms with Gasteiger partial charge >= 0.3 is 11.6 Å². The summed E-state index contributed by atoms with van der Waals surface area (Å²) in [6, 6.07) is 15.4. The predicted molar refractivity (Wildman–Crippen MR) is 104 cm³/mol. The van der Waals surface area contributed by atoms with Gasteiger partial charge in [0.1, 0.15) is 11.4 Å². The molecule has 4 nitrogen and oxygen atoms in total. The van der Waals surface area contributed by atoms with Crippen LogP contribution in [0.5, 0.6) is 5.75 Å². The van der Waals surface area contributed by atoms with Crippen molar-refractivity contribution in [1.29, 1.82) is 0 Å². The summed E-state index contributed by atoms with van der Waals surface area (Å²) in [7, 11) is 1.54. The highest BCUT2D eigenvalue weighted by atomic mass is 19.3. The van der Waals surface area contributed by atoms with E-state index in [4.69, 9.17) is 4.74 Å². The average Bonchev–Trinajstić information content (AvgIpc) is 2.72. The van der Waals surface area contributed by atoms with Gasteiger partial charge in [0.25, 0.3) is 0 Å². The fourth-order valence-corrected chi connectivity index (χ4v) is 2.93. The van der Waals surface area contributed by atoms with Crippen LogP contribution in [0.1, 0.15) is 23.4 Å². The second-order valence-electron chi connectivity index (χ2n) is 6.22. The zero-order valence-corrected chi connectivity index (χ0v) is 15.4. The summed E-state index contributed by atoms with van der Waals surface area (Å²) in [5.41, 5.74) is -0.550. The molecule has 0 saturated heterocycles. The van der Waals surface area contributed by atoms with Crippen molar-refractivity contribution in [2.45, 2.75) is 18.8 Å². The molecule has 1 aromatic heterocycles. The first-order valence-corrected chi connectivity index (χ1v) is 8.79. The molecule has 0 spiro atoms. The minimum absolute atomic E-state index is 0.209. The Bertz CT molecular complexity index is 1010. The molecular formula is C22H20F2N2O2. The Balaban J connectivity index is 2.14. The Labute approximate surface area is 161 Å². The minimum Gasteiger partial charge on any atom is -0.497 e. The molecule has 3 aromatic rings. The third-order valence-electron chi connectivity index (χ3n) is 4.39. The minimum atomic E-state index is -3.37. The van der Waals surface area contributed by atoms with Crippen LogP contribution >= 0.6 is 0 Å². The lowest BCUT2D eigenvalue weighted by Crippen LogP contribution is -2.30. The number of hydrogen-bond acceptors (Lipinski definition) is 3. The number of allylic oxidation sites excluding steroid dienone is 1. The molecule has 1 heterocycles. The fourth-order valence-electron chi connectivity index (χ4n) is 2.93. The van der Waals surface area contributed by atoms with Crippen LogP contribution in [0.3, 0.4) is 0 Å². The maximum Gasteiger partial charge on any atom is 0.352 e. The van der Waals surface area contributed by atoms with Crippen LogP contribution in [0, 0.1) is 0 Å². The third-order valence-corrected chi connectivity index (χ3v) is 4.39. The van der Waals surface area contributed by atoms with E-state index in [1.54, 1.807) is 43.5 Å². The molecule has 6 heteroatoms. The molecule has 2 aromatic carbocycles. The molecule has 0 unspecified atom stereocenters. The van der Waals surface area contributed by atoms with Crippen LogP contribution in [0.2, 0.25) is 0 Å². The van der Waals surface area contributed by atoms with Gasteiger partial charge in [-0.25, -0.2) is 4.79 Å². The Hall–Kier alpha value is -3.28. The van der Waals surface area contributed by atoms with Crippen molar-refractivity contribution >= 4 is 0 Å². The molecule has 0 N–H and O–H groups in total. The SMILES string of the molecule is C=CCCc1cc(C(F)(F)c2ccccc2)nc(=O)n1-c1ccc(OC)cc1.